The number of piperidine rings is 3. The molecule has 4 N–H and O–H groups in total. The van der Waals surface area contributed by atoms with Gasteiger partial charge in [0.15, 0.2) is 0 Å². The maximum absolute atomic E-state index is 11.3. The Bertz CT molecular complexity index is 722. The van der Waals surface area contributed by atoms with Crippen molar-refractivity contribution in [3.05, 3.63) is 28.9 Å². The van der Waals surface area contributed by atoms with Crippen LogP contribution in [0.15, 0.2) is 18.3 Å². The van der Waals surface area contributed by atoms with Crippen molar-refractivity contribution in [2.24, 2.45) is 17.4 Å². The van der Waals surface area contributed by atoms with E-state index >= 15 is 0 Å². The van der Waals surface area contributed by atoms with Crippen LogP contribution in [0.2, 0.25) is 0 Å². The van der Waals surface area contributed by atoms with E-state index < -0.39 is 0 Å². The monoisotopic (exact) mass is 332 g/mol. The molecular formula is C16H20N4O2S. The van der Waals surface area contributed by atoms with Gasteiger partial charge >= 0.3 is 0 Å². The Morgan fingerprint density at radius 1 is 1.35 bits per heavy atom. The number of carbonyl (C=O) groups is 2. The summed E-state index contributed by atoms with van der Waals surface area (Å²) >= 11 is 1.48. The predicted molar refractivity (Wildman–Crippen MR) is 90.3 cm³/mol. The molecule has 5 rings (SSSR count). The Labute approximate surface area is 138 Å². The fourth-order valence-electron chi connectivity index (χ4n) is 3.57. The summed E-state index contributed by atoms with van der Waals surface area (Å²) in [6.45, 7) is 3.62. The zero-order valence-electron chi connectivity index (χ0n) is 12.8. The molecule has 1 atom stereocenters. The molecule has 0 radical (unpaired) electrons. The number of nitrogens with two attached hydrogens (primary N) is 2. The normalized spacial score (nSPS) is 25.7. The lowest BCUT2D eigenvalue weighted by Crippen LogP contribution is -2.46. The molecule has 0 spiro atoms. The summed E-state index contributed by atoms with van der Waals surface area (Å²) in [6.07, 6.45) is 4.73. The molecule has 0 aliphatic carbocycles. The van der Waals surface area contributed by atoms with Crippen molar-refractivity contribution in [1.82, 2.24) is 9.88 Å². The number of primary amides is 2. The molecule has 23 heavy (non-hydrogen) atoms. The Morgan fingerprint density at radius 2 is 2.04 bits per heavy atom. The molecule has 5 heterocycles. The fourth-order valence-corrected chi connectivity index (χ4v) is 4.51. The van der Waals surface area contributed by atoms with Crippen LogP contribution in [-0.2, 0) is 4.79 Å². The summed E-state index contributed by atoms with van der Waals surface area (Å²) in [6, 6.07) is 4.01. The number of nitrogens with zero attached hydrogens (tertiary/aromatic N) is 2. The molecule has 0 unspecified atom stereocenters. The summed E-state index contributed by atoms with van der Waals surface area (Å²) in [5.41, 5.74) is 10.7. The lowest BCUT2D eigenvalue weighted by molar-refractivity contribution is -0.106. The minimum Gasteiger partial charge on any atom is -0.372 e. The summed E-state index contributed by atoms with van der Waals surface area (Å²) in [4.78, 5) is 27.7. The van der Waals surface area contributed by atoms with Gasteiger partial charge in [-0.05, 0) is 44.0 Å². The van der Waals surface area contributed by atoms with Crippen molar-refractivity contribution in [2.75, 3.05) is 19.6 Å². The highest BCUT2D eigenvalue weighted by Crippen LogP contribution is 2.39. The number of rotatable bonds is 2. The van der Waals surface area contributed by atoms with Gasteiger partial charge in [0.1, 0.15) is 0 Å². The number of carbonyl (C=O) groups excluding carboxylic acids is 2. The van der Waals surface area contributed by atoms with Crippen LogP contribution in [0.4, 0.5) is 0 Å². The molecule has 2 aromatic rings. The zero-order chi connectivity index (χ0) is 16.4. The molecule has 2 bridgehead atoms. The number of aromatic nitrogens is 1. The molecule has 3 saturated heterocycles. The highest BCUT2D eigenvalue weighted by atomic mass is 32.1. The van der Waals surface area contributed by atoms with Crippen LogP contribution in [-0.4, -0.2) is 41.8 Å². The second kappa shape index (κ2) is 6.64. The molecule has 0 aromatic carbocycles. The van der Waals surface area contributed by atoms with Gasteiger partial charge in [-0.2, -0.15) is 0 Å². The number of fused-ring (bicyclic) bond motifs is 4. The van der Waals surface area contributed by atoms with Crippen molar-refractivity contribution in [3.8, 4) is 0 Å². The first-order chi connectivity index (χ1) is 11.1. The summed E-state index contributed by atoms with van der Waals surface area (Å²) in [5, 5.41) is 1.02. The quantitative estimate of drug-likeness (QED) is 0.809. The number of amides is 2. The third-order valence-electron chi connectivity index (χ3n) is 4.70. The second-order valence-electron chi connectivity index (χ2n) is 6.00. The molecule has 2 aromatic heterocycles. The summed E-state index contributed by atoms with van der Waals surface area (Å²) < 4.78 is 1.13. The number of hydrogen-bond donors (Lipinski definition) is 2. The molecule has 6 nitrogen and oxygen atoms in total. The largest absolute Gasteiger partial charge is 0.372 e. The first-order valence-electron chi connectivity index (χ1n) is 7.69. The molecule has 3 aliphatic rings. The average Bonchev–Trinajstić information content (AvgIpc) is 3.00. The highest BCUT2D eigenvalue weighted by Gasteiger charge is 2.35. The van der Waals surface area contributed by atoms with E-state index in [0.717, 1.165) is 22.5 Å². The van der Waals surface area contributed by atoms with E-state index in [2.05, 4.69) is 21.7 Å². The minimum absolute atomic E-state index is 0.250. The van der Waals surface area contributed by atoms with Gasteiger partial charge < -0.3 is 16.4 Å². The van der Waals surface area contributed by atoms with E-state index in [-0.39, 0.29) is 12.3 Å². The molecule has 3 aliphatic heterocycles. The predicted octanol–water partition coefficient (Wildman–Crippen LogP) is 1.31. The van der Waals surface area contributed by atoms with Crippen LogP contribution in [0.3, 0.4) is 0 Å². The van der Waals surface area contributed by atoms with Crippen molar-refractivity contribution in [3.63, 3.8) is 0 Å². The summed E-state index contributed by atoms with van der Waals surface area (Å²) in [5.74, 6) is 0.983. The first kappa shape index (κ1) is 15.9. The van der Waals surface area contributed by atoms with Gasteiger partial charge in [-0.3, -0.25) is 14.6 Å². The van der Waals surface area contributed by atoms with Crippen molar-refractivity contribution >= 4 is 33.7 Å². The van der Waals surface area contributed by atoms with Gasteiger partial charge in [-0.1, -0.05) is 0 Å². The van der Waals surface area contributed by atoms with Crippen LogP contribution in [0.25, 0.3) is 10.1 Å². The van der Waals surface area contributed by atoms with Gasteiger partial charge in [0.05, 0.1) is 4.88 Å². The van der Waals surface area contributed by atoms with E-state index in [4.69, 9.17) is 10.5 Å². The SMILES string of the molecule is NC(=O)c1cc2cnc([C@H]3CN4CCC3CC4)cc2s1.NC=O. The van der Waals surface area contributed by atoms with E-state index in [9.17, 15) is 4.79 Å². The van der Waals surface area contributed by atoms with Crippen molar-refractivity contribution in [2.45, 2.75) is 18.8 Å². The fraction of sp³-hybridized carbons (Fsp3) is 0.438. The van der Waals surface area contributed by atoms with Gasteiger partial charge in [0.2, 0.25) is 6.41 Å². The minimum atomic E-state index is -0.351. The lowest BCUT2D eigenvalue weighted by atomic mass is 9.77. The van der Waals surface area contributed by atoms with Gasteiger partial charge in [0, 0.05) is 34.4 Å². The van der Waals surface area contributed by atoms with Gasteiger partial charge in [0.25, 0.3) is 5.91 Å². The van der Waals surface area contributed by atoms with Crippen molar-refractivity contribution in [1.29, 1.82) is 0 Å². The van der Waals surface area contributed by atoms with Crippen LogP contribution in [0.1, 0.15) is 34.1 Å². The first-order valence-corrected chi connectivity index (χ1v) is 8.51. The van der Waals surface area contributed by atoms with Gasteiger partial charge in [-0.25, -0.2) is 0 Å². The smallest absolute Gasteiger partial charge is 0.258 e. The summed E-state index contributed by atoms with van der Waals surface area (Å²) in [7, 11) is 0. The average molecular weight is 332 g/mol. The van der Waals surface area contributed by atoms with Crippen LogP contribution < -0.4 is 11.5 Å². The Hall–Kier alpha value is -1.99. The van der Waals surface area contributed by atoms with E-state index in [1.54, 1.807) is 0 Å². The maximum atomic E-state index is 11.3. The van der Waals surface area contributed by atoms with Gasteiger partial charge in [-0.15, -0.1) is 11.3 Å². The highest BCUT2D eigenvalue weighted by molar-refractivity contribution is 7.20. The molecular weight excluding hydrogens is 312 g/mol. The Kier molecular flexibility index (Phi) is 4.58. The Balaban J connectivity index is 0.000000485. The van der Waals surface area contributed by atoms with Crippen molar-refractivity contribution < 1.29 is 9.59 Å². The second-order valence-corrected chi connectivity index (χ2v) is 7.09. The number of hydrogen-bond acceptors (Lipinski definition) is 5. The van der Waals surface area contributed by atoms with E-state index in [1.165, 1.54) is 43.0 Å². The molecule has 3 fully saturated rings. The molecule has 7 heteroatoms. The third kappa shape index (κ3) is 3.20. The molecule has 122 valence electrons. The zero-order valence-corrected chi connectivity index (χ0v) is 13.6. The third-order valence-corrected chi connectivity index (χ3v) is 5.81. The lowest BCUT2D eigenvalue weighted by Gasteiger charge is -2.44. The van der Waals surface area contributed by atoms with E-state index in [1.807, 2.05) is 12.3 Å². The standard InChI is InChI=1S/C15H17N3OS.CH3NO/c16-15(19)14-5-10-7-17-12(6-13(10)20-14)11-8-18-3-1-9(11)2-4-18;2-1-3/h5-7,9,11H,1-4,8H2,(H2,16,19);1H,(H2,2,3)/t11-;/m0./s1. The van der Waals surface area contributed by atoms with Crippen LogP contribution in [0, 0.1) is 5.92 Å². The maximum Gasteiger partial charge on any atom is 0.258 e. The van der Waals surface area contributed by atoms with E-state index in [0.29, 0.717) is 10.8 Å². The molecule has 2 amide bonds. The molecule has 0 saturated carbocycles. The Morgan fingerprint density at radius 3 is 2.61 bits per heavy atom. The number of pyridine rings is 1. The van der Waals surface area contributed by atoms with Crippen LogP contribution in [0.5, 0.6) is 0 Å². The topological polar surface area (TPSA) is 102 Å². The van der Waals surface area contributed by atoms with Crippen LogP contribution >= 0.6 is 11.3 Å². The number of thiophene rings is 1.